The Morgan fingerprint density at radius 3 is 2.02 bits per heavy atom. The number of carbonyl (C=O) groups excluding carboxylic acids is 2. The molecule has 0 aromatic heterocycles. The molecule has 1 aliphatic heterocycles. The van der Waals surface area contributed by atoms with Gasteiger partial charge in [-0.25, -0.2) is 0 Å². The molecular formula is C33H56O10. The third-order valence-corrected chi connectivity index (χ3v) is 7.01. The van der Waals surface area contributed by atoms with Crippen molar-refractivity contribution in [2.75, 3.05) is 19.8 Å². The largest absolute Gasteiger partial charge is 0.462 e. The molecule has 1 fully saturated rings. The lowest BCUT2D eigenvalue weighted by Crippen LogP contribution is -2.59. The maximum Gasteiger partial charge on any atom is 0.306 e. The zero-order valence-corrected chi connectivity index (χ0v) is 26.2. The minimum absolute atomic E-state index is 0.216. The third kappa shape index (κ3) is 18.4. The number of carbonyl (C=O) groups is 2. The zero-order valence-electron chi connectivity index (χ0n) is 26.2. The monoisotopic (exact) mass is 612 g/mol. The predicted octanol–water partition coefficient (Wildman–Crippen LogP) is 4.43. The SMILES string of the molecule is CC/C=C\C/C=C\C/C=C\CCCCCCCCCC(=O)OC(COC(=O)CCC)COC1OC(CO)C(O)C(O)C1O. The fourth-order valence-corrected chi connectivity index (χ4v) is 4.47. The molecule has 6 unspecified atom stereocenters. The molecule has 43 heavy (non-hydrogen) atoms. The Morgan fingerprint density at radius 1 is 0.744 bits per heavy atom. The van der Waals surface area contributed by atoms with Crippen molar-refractivity contribution in [3.63, 3.8) is 0 Å². The van der Waals surface area contributed by atoms with E-state index in [0.717, 1.165) is 44.9 Å². The van der Waals surface area contributed by atoms with Gasteiger partial charge in [0.25, 0.3) is 0 Å². The van der Waals surface area contributed by atoms with Crippen molar-refractivity contribution in [3.8, 4) is 0 Å². The number of hydrogen-bond acceptors (Lipinski definition) is 10. The van der Waals surface area contributed by atoms with Gasteiger partial charge >= 0.3 is 11.9 Å². The van der Waals surface area contributed by atoms with E-state index in [-0.39, 0.29) is 26.1 Å². The first kappa shape index (κ1) is 38.9. The highest BCUT2D eigenvalue weighted by Gasteiger charge is 2.44. The fraction of sp³-hybridized carbons (Fsp3) is 0.758. The van der Waals surface area contributed by atoms with Crippen LogP contribution in [0.3, 0.4) is 0 Å². The van der Waals surface area contributed by atoms with Gasteiger partial charge < -0.3 is 39.4 Å². The molecule has 1 saturated heterocycles. The number of esters is 2. The van der Waals surface area contributed by atoms with E-state index >= 15 is 0 Å². The van der Waals surface area contributed by atoms with Gasteiger partial charge in [-0.2, -0.15) is 0 Å². The van der Waals surface area contributed by atoms with Gasteiger partial charge in [0.2, 0.25) is 0 Å². The summed E-state index contributed by atoms with van der Waals surface area (Å²) in [7, 11) is 0. The maximum absolute atomic E-state index is 12.5. The number of aliphatic hydroxyl groups is 4. The van der Waals surface area contributed by atoms with Crippen molar-refractivity contribution in [2.45, 2.75) is 141 Å². The van der Waals surface area contributed by atoms with Crippen LogP contribution in [0.4, 0.5) is 0 Å². The molecule has 4 N–H and O–H groups in total. The first-order chi connectivity index (χ1) is 20.8. The molecule has 1 aliphatic rings. The summed E-state index contributed by atoms with van der Waals surface area (Å²) < 4.78 is 21.5. The topological polar surface area (TPSA) is 152 Å². The predicted molar refractivity (Wildman–Crippen MR) is 164 cm³/mol. The molecule has 6 atom stereocenters. The third-order valence-electron chi connectivity index (χ3n) is 7.01. The van der Waals surface area contributed by atoms with Crippen LogP contribution < -0.4 is 0 Å². The zero-order chi connectivity index (χ0) is 31.7. The second-order valence-electron chi connectivity index (χ2n) is 10.9. The van der Waals surface area contributed by atoms with Gasteiger partial charge in [0.1, 0.15) is 31.0 Å². The molecular weight excluding hydrogens is 556 g/mol. The summed E-state index contributed by atoms with van der Waals surface area (Å²) in [5.74, 6) is -0.886. The van der Waals surface area contributed by atoms with Crippen molar-refractivity contribution < 1.29 is 49.0 Å². The van der Waals surface area contributed by atoms with Crippen LogP contribution in [-0.4, -0.2) is 89.0 Å². The maximum atomic E-state index is 12.5. The Labute approximate surface area is 257 Å². The minimum atomic E-state index is -1.59. The summed E-state index contributed by atoms with van der Waals surface area (Å²) in [6.07, 6.45) is 17.6. The van der Waals surface area contributed by atoms with Gasteiger partial charge in [-0.1, -0.05) is 82.4 Å². The van der Waals surface area contributed by atoms with E-state index in [9.17, 15) is 30.0 Å². The minimum Gasteiger partial charge on any atom is -0.462 e. The molecule has 0 spiro atoms. The normalized spacial score (nSPS) is 23.3. The Morgan fingerprint density at radius 2 is 1.37 bits per heavy atom. The van der Waals surface area contributed by atoms with E-state index in [0.29, 0.717) is 12.8 Å². The number of unbranched alkanes of at least 4 members (excludes halogenated alkanes) is 7. The van der Waals surface area contributed by atoms with Crippen molar-refractivity contribution >= 4 is 11.9 Å². The van der Waals surface area contributed by atoms with Gasteiger partial charge in [0.05, 0.1) is 13.2 Å². The number of ether oxygens (including phenoxy) is 4. The summed E-state index contributed by atoms with van der Waals surface area (Å²) in [5, 5.41) is 39.4. The Bertz CT molecular complexity index is 810. The summed E-state index contributed by atoms with van der Waals surface area (Å²) in [4.78, 5) is 24.3. The second-order valence-corrected chi connectivity index (χ2v) is 10.9. The molecule has 0 aromatic rings. The average molecular weight is 613 g/mol. The summed E-state index contributed by atoms with van der Waals surface area (Å²) >= 11 is 0. The van der Waals surface area contributed by atoms with Crippen LogP contribution >= 0.6 is 0 Å². The van der Waals surface area contributed by atoms with Gasteiger partial charge in [0.15, 0.2) is 12.4 Å². The quantitative estimate of drug-likeness (QED) is 0.0700. The summed E-state index contributed by atoms with van der Waals surface area (Å²) in [6.45, 7) is 2.87. The number of aliphatic hydroxyl groups excluding tert-OH is 4. The van der Waals surface area contributed by atoms with Gasteiger partial charge in [-0.3, -0.25) is 9.59 Å². The van der Waals surface area contributed by atoms with Crippen molar-refractivity contribution in [3.05, 3.63) is 36.5 Å². The van der Waals surface area contributed by atoms with E-state index in [1.165, 1.54) is 19.3 Å². The van der Waals surface area contributed by atoms with Crippen LogP contribution in [0.1, 0.15) is 104 Å². The smallest absolute Gasteiger partial charge is 0.306 e. The Kier molecular flexibility index (Phi) is 22.9. The van der Waals surface area contributed by atoms with Crippen LogP contribution in [0.25, 0.3) is 0 Å². The molecule has 0 radical (unpaired) electrons. The molecule has 0 aromatic carbocycles. The highest BCUT2D eigenvalue weighted by molar-refractivity contribution is 5.70. The molecule has 10 nitrogen and oxygen atoms in total. The van der Waals surface area contributed by atoms with Crippen LogP contribution in [0.5, 0.6) is 0 Å². The highest BCUT2D eigenvalue weighted by Crippen LogP contribution is 2.22. The Balaban J connectivity index is 2.28. The number of allylic oxidation sites excluding steroid dienone is 6. The van der Waals surface area contributed by atoms with Crippen LogP contribution in [-0.2, 0) is 28.5 Å². The summed E-state index contributed by atoms with van der Waals surface area (Å²) in [6, 6.07) is 0. The lowest BCUT2D eigenvalue weighted by Gasteiger charge is -2.39. The lowest BCUT2D eigenvalue weighted by molar-refractivity contribution is -0.305. The first-order valence-electron chi connectivity index (χ1n) is 16.1. The standard InChI is InChI=1S/C33H56O10/c1-3-5-6-7-8-9-10-11-12-13-14-15-16-17-18-19-20-22-29(36)42-26(24-40-28(35)21-4-2)25-41-33-32(39)31(38)30(37)27(23-34)43-33/h5-6,8-9,11-12,26-27,30-34,37-39H,3-4,7,10,13-25H2,1-2H3/b6-5-,9-8-,12-11-. The molecule has 0 saturated carbocycles. The van der Waals surface area contributed by atoms with Crippen LogP contribution in [0, 0.1) is 0 Å². The van der Waals surface area contributed by atoms with E-state index in [4.69, 9.17) is 18.9 Å². The van der Waals surface area contributed by atoms with Crippen molar-refractivity contribution in [1.82, 2.24) is 0 Å². The van der Waals surface area contributed by atoms with E-state index < -0.39 is 55.4 Å². The lowest BCUT2D eigenvalue weighted by atomic mass is 9.99. The van der Waals surface area contributed by atoms with E-state index in [1.807, 2.05) is 6.92 Å². The number of hydrogen-bond donors (Lipinski definition) is 4. The highest BCUT2D eigenvalue weighted by atomic mass is 16.7. The first-order valence-corrected chi connectivity index (χ1v) is 16.1. The second kappa shape index (κ2) is 25.3. The summed E-state index contributed by atoms with van der Waals surface area (Å²) in [5.41, 5.74) is 0. The van der Waals surface area contributed by atoms with Crippen LogP contribution in [0.2, 0.25) is 0 Å². The molecule has 0 amide bonds. The fourth-order valence-electron chi connectivity index (χ4n) is 4.47. The Hall–Kier alpha value is -2.08. The average Bonchev–Trinajstić information content (AvgIpc) is 2.99. The van der Waals surface area contributed by atoms with Gasteiger partial charge in [0, 0.05) is 12.8 Å². The van der Waals surface area contributed by atoms with Gasteiger partial charge in [-0.15, -0.1) is 0 Å². The van der Waals surface area contributed by atoms with Crippen molar-refractivity contribution in [2.24, 2.45) is 0 Å². The number of rotatable bonds is 24. The van der Waals surface area contributed by atoms with E-state index in [1.54, 1.807) is 0 Å². The molecule has 1 heterocycles. The molecule has 10 heteroatoms. The van der Waals surface area contributed by atoms with E-state index in [2.05, 4.69) is 43.4 Å². The van der Waals surface area contributed by atoms with Gasteiger partial charge in [-0.05, 0) is 44.9 Å². The molecule has 0 bridgehead atoms. The van der Waals surface area contributed by atoms with Crippen LogP contribution in [0.15, 0.2) is 36.5 Å². The molecule has 248 valence electrons. The molecule has 0 aliphatic carbocycles. The van der Waals surface area contributed by atoms with Crippen molar-refractivity contribution in [1.29, 1.82) is 0 Å². The molecule has 1 rings (SSSR count).